The Labute approximate surface area is 230 Å². The lowest BCUT2D eigenvalue weighted by molar-refractivity contribution is -0.248. The number of ketones is 1. The summed E-state index contributed by atoms with van der Waals surface area (Å²) in [5.74, 6) is 0.815. The lowest BCUT2D eigenvalue weighted by atomic mass is 9.31. The van der Waals surface area contributed by atoms with Crippen molar-refractivity contribution in [2.45, 2.75) is 126 Å². The molecule has 0 bridgehead atoms. The number of Topliss-reactive ketones (excluding diaryl/α,β-unsaturated/α-hetero) is 1. The first-order valence-electron chi connectivity index (χ1n) is 15.3. The highest BCUT2D eigenvalue weighted by Gasteiger charge is 2.73. The van der Waals surface area contributed by atoms with Crippen LogP contribution in [0.2, 0.25) is 0 Å². The third kappa shape index (κ3) is 3.57. The number of fused-ring (bicyclic) bond motifs is 7. The molecular weight excluding hydrogens is 476 g/mol. The van der Waals surface area contributed by atoms with Crippen molar-refractivity contribution in [3.63, 3.8) is 0 Å². The Hall–Kier alpha value is -1.39. The van der Waals surface area contributed by atoms with Gasteiger partial charge in [0.15, 0.2) is 0 Å². The number of methoxy groups -OCH3 is 1. The summed E-state index contributed by atoms with van der Waals surface area (Å²) in [7, 11) is 1.53. The molecule has 0 aromatic heterocycles. The fraction of sp³-hybridized carbons (Fsp3) is 0.909. The molecule has 0 N–H and O–H groups in total. The van der Waals surface area contributed by atoms with Crippen molar-refractivity contribution < 1.29 is 23.9 Å². The summed E-state index contributed by atoms with van der Waals surface area (Å²) < 4.78 is 11.3. The molecule has 5 nitrogen and oxygen atoms in total. The Bertz CT molecular complexity index is 1030. The fourth-order valence-electron chi connectivity index (χ4n) is 11.7. The lowest BCUT2D eigenvalue weighted by Gasteiger charge is -2.72. The van der Waals surface area contributed by atoms with Crippen LogP contribution in [0.1, 0.15) is 120 Å². The van der Waals surface area contributed by atoms with E-state index in [1.165, 1.54) is 14.0 Å². The molecule has 9 atom stereocenters. The molecule has 5 rings (SSSR count). The van der Waals surface area contributed by atoms with Crippen LogP contribution >= 0.6 is 0 Å². The maximum Gasteiger partial charge on any atom is 0.312 e. The molecule has 5 aliphatic carbocycles. The summed E-state index contributed by atoms with van der Waals surface area (Å²) in [5.41, 5.74) is -0.585. The van der Waals surface area contributed by atoms with Gasteiger partial charge in [-0.2, -0.15) is 0 Å². The molecule has 5 fully saturated rings. The largest absolute Gasteiger partial charge is 0.469 e. The number of ether oxygens (including phenoxy) is 2. The molecule has 4 unspecified atom stereocenters. The minimum absolute atomic E-state index is 0.0273. The van der Waals surface area contributed by atoms with Crippen LogP contribution in [0.4, 0.5) is 0 Å². The van der Waals surface area contributed by atoms with Crippen molar-refractivity contribution in [3.05, 3.63) is 0 Å². The molecule has 0 aliphatic heterocycles. The first kappa shape index (κ1) is 28.1. The Kier molecular flexibility index (Phi) is 6.34. The molecule has 214 valence electrons. The third-order valence-electron chi connectivity index (χ3n) is 13.9. The summed E-state index contributed by atoms with van der Waals surface area (Å²) in [6.45, 7) is 18.1. The predicted molar refractivity (Wildman–Crippen MR) is 147 cm³/mol. The average molecular weight is 529 g/mol. The molecule has 0 spiro atoms. The molecule has 0 aromatic carbocycles. The minimum Gasteiger partial charge on any atom is -0.469 e. The molecule has 5 aliphatic rings. The highest BCUT2D eigenvalue weighted by molar-refractivity contribution is 5.86. The van der Waals surface area contributed by atoms with E-state index in [0.29, 0.717) is 24.0 Å². The van der Waals surface area contributed by atoms with Gasteiger partial charge in [0.2, 0.25) is 0 Å². The maximum atomic E-state index is 14.5. The van der Waals surface area contributed by atoms with E-state index in [1.54, 1.807) is 0 Å². The summed E-state index contributed by atoms with van der Waals surface area (Å²) >= 11 is 0. The van der Waals surface area contributed by atoms with Crippen LogP contribution in [0.15, 0.2) is 0 Å². The van der Waals surface area contributed by atoms with Gasteiger partial charge in [0.25, 0.3) is 0 Å². The standard InChI is InChI=1S/C33H52O5/c1-20(34)38-25-11-12-30(6)23(29(25,4)5)10-13-31(7)24(30)18-22(35)26-21-19-28(2,3)14-16-33(21,27(36)37-9)17-15-32(26,31)8/h21,23-26H,10-19H2,1-9H3/t21?,23?,24?,25-,26?,30-,31+,32+,33-/m0/s1. The van der Waals surface area contributed by atoms with Gasteiger partial charge in [-0.25, -0.2) is 0 Å². The first-order chi connectivity index (χ1) is 17.5. The van der Waals surface area contributed by atoms with Crippen LogP contribution in [0.25, 0.3) is 0 Å². The van der Waals surface area contributed by atoms with Crippen LogP contribution in [0.5, 0.6) is 0 Å². The first-order valence-corrected chi connectivity index (χ1v) is 15.3. The second-order valence-electron chi connectivity index (χ2n) is 16.2. The predicted octanol–water partition coefficient (Wildman–Crippen LogP) is 7.15. The summed E-state index contributed by atoms with van der Waals surface area (Å²) in [6, 6.07) is 0. The zero-order valence-electron chi connectivity index (χ0n) is 25.5. The van der Waals surface area contributed by atoms with Crippen molar-refractivity contribution in [1.29, 1.82) is 0 Å². The second-order valence-corrected chi connectivity index (χ2v) is 16.2. The lowest BCUT2D eigenvalue weighted by Crippen LogP contribution is -2.70. The van der Waals surface area contributed by atoms with Gasteiger partial charge >= 0.3 is 11.9 Å². The molecule has 5 heteroatoms. The van der Waals surface area contributed by atoms with Crippen molar-refractivity contribution in [1.82, 2.24) is 0 Å². The van der Waals surface area contributed by atoms with Crippen molar-refractivity contribution in [2.75, 3.05) is 7.11 Å². The number of rotatable bonds is 2. The van der Waals surface area contributed by atoms with E-state index >= 15 is 0 Å². The van der Waals surface area contributed by atoms with Crippen LogP contribution in [0, 0.1) is 56.2 Å². The van der Waals surface area contributed by atoms with Crippen LogP contribution in [-0.4, -0.2) is 30.9 Å². The molecule has 0 aromatic rings. The zero-order valence-corrected chi connectivity index (χ0v) is 25.5. The van der Waals surface area contributed by atoms with E-state index in [9.17, 15) is 14.4 Å². The Morgan fingerprint density at radius 2 is 1.47 bits per heavy atom. The summed E-state index contributed by atoms with van der Waals surface area (Å²) in [5, 5.41) is 0. The average Bonchev–Trinajstić information content (AvgIpc) is 2.81. The molecule has 0 amide bonds. The van der Waals surface area contributed by atoms with E-state index in [4.69, 9.17) is 9.47 Å². The zero-order chi connectivity index (χ0) is 28.1. The molecule has 5 saturated carbocycles. The van der Waals surface area contributed by atoms with Crippen molar-refractivity contribution >= 4 is 17.7 Å². The van der Waals surface area contributed by atoms with Gasteiger partial charge in [-0.15, -0.1) is 0 Å². The Morgan fingerprint density at radius 1 is 0.816 bits per heavy atom. The van der Waals surface area contributed by atoms with Gasteiger partial charge in [-0.3, -0.25) is 14.4 Å². The normalized spacial score (nSPS) is 49.0. The minimum atomic E-state index is -0.515. The van der Waals surface area contributed by atoms with Crippen LogP contribution in [-0.2, 0) is 23.9 Å². The summed E-state index contributed by atoms with van der Waals surface area (Å²) in [6.07, 6.45) is 9.13. The van der Waals surface area contributed by atoms with Crippen LogP contribution in [0.3, 0.4) is 0 Å². The van der Waals surface area contributed by atoms with E-state index in [-0.39, 0.29) is 57.0 Å². The number of carbonyl (C=O) groups is 3. The molecule has 0 heterocycles. The highest BCUT2D eigenvalue weighted by atomic mass is 16.5. The molecule has 0 radical (unpaired) electrons. The Morgan fingerprint density at radius 3 is 2.11 bits per heavy atom. The number of hydrogen-bond acceptors (Lipinski definition) is 5. The van der Waals surface area contributed by atoms with E-state index in [1.807, 2.05) is 0 Å². The topological polar surface area (TPSA) is 69.7 Å². The van der Waals surface area contributed by atoms with Gasteiger partial charge in [-0.1, -0.05) is 48.5 Å². The molecule has 38 heavy (non-hydrogen) atoms. The van der Waals surface area contributed by atoms with Crippen LogP contribution < -0.4 is 0 Å². The monoisotopic (exact) mass is 528 g/mol. The van der Waals surface area contributed by atoms with Crippen molar-refractivity contribution in [3.8, 4) is 0 Å². The highest BCUT2D eigenvalue weighted by Crippen LogP contribution is 2.76. The number of esters is 2. The van der Waals surface area contributed by atoms with Gasteiger partial charge in [-0.05, 0) is 97.2 Å². The SMILES string of the molecule is COC(=O)[C@]12CCC(C)(C)CC1C1C(=O)CC3[C@@]4(C)CC[C@H](OC(C)=O)C(C)(C)C4CC[C@@]3(C)[C@]1(C)CC2. The van der Waals surface area contributed by atoms with E-state index in [2.05, 4.69) is 48.5 Å². The molecule has 0 saturated heterocycles. The van der Waals surface area contributed by atoms with E-state index < -0.39 is 5.41 Å². The van der Waals surface area contributed by atoms with Crippen molar-refractivity contribution in [2.24, 2.45) is 56.2 Å². The summed E-state index contributed by atoms with van der Waals surface area (Å²) in [4.78, 5) is 39.9. The second kappa shape index (κ2) is 8.56. The maximum absolute atomic E-state index is 14.5. The number of hydrogen-bond donors (Lipinski definition) is 0. The van der Waals surface area contributed by atoms with Gasteiger partial charge < -0.3 is 9.47 Å². The van der Waals surface area contributed by atoms with Gasteiger partial charge in [0, 0.05) is 24.7 Å². The number of carbonyl (C=O) groups excluding carboxylic acids is 3. The fourth-order valence-corrected chi connectivity index (χ4v) is 11.7. The quantitative estimate of drug-likeness (QED) is 0.356. The van der Waals surface area contributed by atoms with E-state index in [0.717, 1.165) is 57.8 Å². The van der Waals surface area contributed by atoms with Gasteiger partial charge in [0.05, 0.1) is 12.5 Å². The smallest absolute Gasteiger partial charge is 0.312 e. The Balaban J connectivity index is 1.55. The van der Waals surface area contributed by atoms with Gasteiger partial charge in [0.1, 0.15) is 11.9 Å². The third-order valence-corrected chi connectivity index (χ3v) is 13.9. The molecular formula is C33H52O5.